The fourth-order valence-electron chi connectivity index (χ4n) is 2.59. The molecule has 0 amide bonds. The first-order valence-electron chi connectivity index (χ1n) is 6.38. The van der Waals surface area contributed by atoms with Gasteiger partial charge in [0.1, 0.15) is 4.99 Å². The normalized spacial score (nSPS) is 19.2. The summed E-state index contributed by atoms with van der Waals surface area (Å²) in [6.07, 6.45) is 2.01. The Bertz CT molecular complexity index is 447. The zero-order valence-electron chi connectivity index (χ0n) is 10.7. The minimum absolute atomic E-state index is 0.272. The Balaban J connectivity index is 2.21. The van der Waals surface area contributed by atoms with Gasteiger partial charge >= 0.3 is 0 Å². The Morgan fingerprint density at radius 3 is 3.00 bits per heavy atom. The first-order valence-corrected chi connectivity index (χ1v) is 6.79. The third kappa shape index (κ3) is 2.82. The standard InChI is InChI=1S/C14H20N2OS/c1-10-2-3-13(12(8-10)14(15)18)16-6-4-11(9-16)5-7-17/h2-3,8,11,17H,4-7,9H2,1H3,(H2,15,18). The molecular weight excluding hydrogens is 244 g/mol. The molecule has 2 rings (SSSR count). The van der Waals surface area contributed by atoms with Crippen LogP contribution in [0.25, 0.3) is 0 Å². The van der Waals surface area contributed by atoms with Crippen LogP contribution in [0.15, 0.2) is 18.2 Å². The molecule has 1 heterocycles. The van der Waals surface area contributed by atoms with E-state index >= 15 is 0 Å². The predicted octanol–water partition coefficient (Wildman–Crippen LogP) is 1.84. The molecule has 0 aliphatic carbocycles. The molecule has 0 bridgehead atoms. The summed E-state index contributed by atoms with van der Waals surface area (Å²) in [6, 6.07) is 6.25. The summed E-state index contributed by atoms with van der Waals surface area (Å²) in [5.74, 6) is 0.579. The monoisotopic (exact) mass is 264 g/mol. The molecule has 1 aromatic carbocycles. The molecule has 1 atom stereocenters. The maximum Gasteiger partial charge on any atom is 0.106 e. The van der Waals surface area contributed by atoms with Gasteiger partial charge in [0, 0.05) is 30.9 Å². The van der Waals surface area contributed by atoms with E-state index < -0.39 is 0 Å². The van der Waals surface area contributed by atoms with Crippen LogP contribution in [-0.2, 0) is 0 Å². The van der Waals surface area contributed by atoms with E-state index in [4.69, 9.17) is 23.1 Å². The van der Waals surface area contributed by atoms with Gasteiger partial charge in [-0.25, -0.2) is 0 Å². The molecule has 98 valence electrons. The maximum absolute atomic E-state index is 9.00. The van der Waals surface area contributed by atoms with E-state index in [1.807, 2.05) is 6.92 Å². The molecule has 1 fully saturated rings. The van der Waals surface area contributed by atoms with Gasteiger partial charge in [0.15, 0.2) is 0 Å². The quantitative estimate of drug-likeness (QED) is 0.815. The van der Waals surface area contributed by atoms with E-state index in [1.165, 1.54) is 5.56 Å². The number of nitrogens with two attached hydrogens (primary N) is 1. The molecule has 4 heteroatoms. The van der Waals surface area contributed by atoms with Crippen molar-refractivity contribution in [1.82, 2.24) is 0 Å². The lowest BCUT2D eigenvalue weighted by atomic mass is 10.1. The van der Waals surface area contributed by atoms with Crippen molar-refractivity contribution in [3.8, 4) is 0 Å². The van der Waals surface area contributed by atoms with Crippen LogP contribution in [0.5, 0.6) is 0 Å². The maximum atomic E-state index is 9.00. The van der Waals surface area contributed by atoms with Crippen molar-refractivity contribution in [3.63, 3.8) is 0 Å². The molecule has 0 radical (unpaired) electrons. The third-order valence-corrected chi connectivity index (χ3v) is 3.80. The zero-order valence-corrected chi connectivity index (χ0v) is 11.5. The topological polar surface area (TPSA) is 49.5 Å². The second kappa shape index (κ2) is 5.67. The molecule has 18 heavy (non-hydrogen) atoms. The number of benzene rings is 1. The Hall–Kier alpha value is -1.13. The van der Waals surface area contributed by atoms with Crippen molar-refractivity contribution >= 4 is 22.9 Å². The minimum Gasteiger partial charge on any atom is -0.396 e. The number of anilines is 1. The van der Waals surface area contributed by atoms with Gasteiger partial charge in [-0.05, 0) is 37.8 Å². The molecule has 0 aromatic heterocycles. The highest BCUT2D eigenvalue weighted by Crippen LogP contribution is 2.29. The number of nitrogens with zero attached hydrogens (tertiary/aromatic N) is 1. The number of rotatable bonds is 4. The van der Waals surface area contributed by atoms with Gasteiger partial charge in [-0.3, -0.25) is 0 Å². The van der Waals surface area contributed by atoms with Crippen LogP contribution in [0.3, 0.4) is 0 Å². The summed E-state index contributed by atoms with van der Waals surface area (Å²) in [5.41, 5.74) is 9.08. The van der Waals surface area contributed by atoms with Crippen LogP contribution >= 0.6 is 12.2 Å². The highest BCUT2D eigenvalue weighted by Gasteiger charge is 2.24. The predicted molar refractivity (Wildman–Crippen MR) is 79.1 cm³/mol. The van der Waals surface area contributed by atoms with Crippen LogP contribution < -0.4 is 10.6 Å². The van der Waals surface area contributed by atoms with Crippen molar-refractivity contribution in [2.45, 2.75) is 19.8 Å². The second-order valence-electron chi connectivity index (χ2n) is 5.00. The Morgan fingerprint density at radius 2 is 2.33 bits per heavy atom. The van der Waals surface area contributed by atoms with Gasteiger partial charge in [0.2, 0.25) is 0 Å². The lowest BCUT2D eigenvalue weighted by Crippen LogP contribution is -2.24. The first-order chi connectivity index (χ1) is 8.61. The minimum atomic E-state index is 0.272. The molecule has 3 N–H and O–H groups in total. The molecule has 1 aliphatic rings. The van der Waals surface area contributed by atoms with Crippen molar-refractivity contribution < 1.29 is 5.11 Å². The number of aryl methyl sites for hydroxylation is 1. The number of aliphatic hydroxyl groups is 1. The summed E-state index contributed by atoms with van der Waals surface area (Å²) in [6.45, 7) is 4.32. The summed E-state index contributed by atoms with van der Waals surface area (Å²) < 4.78 is 0. The summed E-state index contributed by atoms with van der Waals surface area (Å²) >= 11 is 5.14. The van der Waals surface area contributed by atoms with Crippen LogP contribution in [0.4, 0.5) is 5.69 Å². The molecule has 0 spiro atoms. The van der Waals surface area contributed by atoms with E-state index in [-0.39, 0.29) is 6.61 Å². The largest absolute Gasteiger partial charge is 0.396 e. The highest BCUT2D eigenvalue weighted by molar-refractivity contribution is 7.80. The van der Waals surface area contributed by atoms with E-state index in [2.05, 4.69) is 23.1 Å². The van der Waals surface area contributed by atoms with Crippen molar-refractivity contribution in [3.05, 3.63) is 29.3 Å². The van der Waals surface area contributed by atoms with Gasteiger partial charge in [-0.15, -0.1) is 0 Å². The van der Waals surface area contributed by atoms with Gasteiger partial charge in [0.25, 0.3) is 0 Å². The van der Waals surface area contributed by atoms with E-state index in [0.29, 0.717) is 10.9 Å². The second-order valence-corrected chi connectivity index (χ2v) is 5.44. The Morgan fingerprint density at radius 1 is 1.56 bits per heavy atom. The average Bonchev–Trinajstić information content (AvgIpc) is 2.78. The summed E-state index contributed by atoms with van der Waals surface area (Å²) in [5, 5.41) is 9.00. The molecule has 1 aliphatic heterocycles. The number of thiocarbonyl (C=S) groups is 1. The van der Waals surface area contributed by atoms with Crippen LogP contribution in [0.2, 0.25) is 0 Å². The average molecular weight is 264 g/mol. The molecule has 1 unspecified atom stereocenters. The van der Waals surface area contributed by atoms with E-state index in [9.17, 15) is 0 Å². The van der Waals surface area contributed by atoms with Gasteiger partial charge in [-0.2, -0.15) is 0 Å². The van der Waals surface area contributed by atoms with Crippen LogP contribution in [0.1, 0.15) is 24.0 Å². The molecule has 3 nitrogen and oxygen atoms in total. The highest BCUT2D eigenvalue weighted by atomic mass is 32.1. The summed E-state index contributed by atoms with van der Waals surface area (Å²) in [4.78, 5) is 2.79. The molecule has 0 saturated carbocycles. The lowest BCUT2D eigenvalue weighted by molar-refractivity contribution is 0.263. The first kappa shape index (κ1) is 13.3. The zero-order chi connectivity index (χ0) is 13.1. The lowest BCUT2D eigenvalue weighted by Gasteiger charge is -2.22. The number of hydrogen-bond acceptors (Lipinski definition) is 3. The number of hydrogen-bond donors (Lipinski definition) is 2. The van der Waals surface area contributed by atoms with Crippen LogP contribution in [-0.4, -0.2) is 29.8 Å². The van der Waals surface area contributed by atoms with Crippen molar-refractivity contribution in [2.24, 2.45) is 11.7 Å². The van der Waals surface area contributed by atoms with Crippen molar-refractivity contribution in [1.29, 1.82) is 0 Å². The van der Waals surface area contributed by atoms with Crippen LogP contribution in [0, 0.1) is 12.8 Å². The Labute approximate surface area is 114 Å². The molecular formula is C14H20N2OS. The fraction of sp³-hybridized carbons (Fsp3) is 0.500. The SMILES string of the molecule is Cc1ccc(N2CCC(CCO)C2)c(C(N)=S)c1. The van der Waals surface area contributed by atoms with E-state index in [1.54, 1.807) is 0 Å². The molecule has 1 saturated heterocycles. The van der Waals surface area contributed by atoms with Crippen molar-refractivity contribution in [2.75, 3.05) is 24.6 Å². The fourth-order valence-corrected chi connectivity index (χ4v) is 2.76. The van der Waals surface area contributed by atoms with Gasteiger partial charge in [-0.1, -0.05) is 23.8 Å². The van der Waals surface area contributed by atoms with Gasteiger partial charge in [0.05, 0.1) is 0 Å². The summed E-state index contributed by atoms with van der Waals surface area (Å²) in [7, 11) is 0. The third-order valence-electron chi connectivity index (χ3n) is 3.58. The smallest absolute Gasteiger partial charge is 0.106 e. The van der Waals surface area contributed by atoms with E-state index in [0.717, 1.165) is 37.2 Å². The Kier molecular flexibility index (Phi) is 4.19. The molecule has 1 aromatic rings. The number of aliphatic hydroxyl groups excluding tert-OH is 1. The van der Waals surface area contributed by atoms with Gasteiger partial charge < -0.3 is 15.7 Å².